The van der Waals surface area contributed by atoms with Gasteiger partial charge in [0.1, 0.15) is 12.4 Å². The van der Waals surface area contributed by atoms with E-state index in [0.29, 0.717) is 6.54 Å². The van der Waals surface area contributed by atoms with Gasteiger partial charge >= 0.3 is 12.1 Å². The van der Waals surface area contributed by atoms with Crippen LogP contribution >= 0.6 is 0 Å². The third kappa shape index (κ3) is 5.23. The Morgan fingerprint density at radius 2 is 1.59 bits per heavy atom. The van der Waals surface area contributed by atoms with Crippen LogP contribution in [0.3, 0.4) is 0 Å². The lowest BCUT2D eigenvalue weighted by molar-refractivity contribution is -0.144. The molecule has 0 atom stereocenters. The summed E-state index contributed by atoms with van der Waals surface area (Å²) < 4.78 is 16.3. The first kappa shape index (κ1) is 26.0. The lowest BCUT2D eigenvalue weighted by atomic mass is 9.84. The molecule has 0 N–H and O–H groups in total. The molecule has 4 aromatic carbocycles. The maximum absolute atomic E-state index is 13.1. The minimum atomic E-state index is -0.464. The molecule has 0 saturated heterocycles. The predicted molar refractivity (Wildman–Crippen MR) is 152 cm³/mol. The molecule has 1 amide bonds. The van der Waals surface area contributed by atoms with Crippen LogP contribution in [0.1, 0.15) is 27.8 Å². The normalized spacial score (nSPS) is 11.8. The van der Waals surface area contributed by atoms with Gasteiger partial charge in [0.15, 0.2) is 0 Å². The summed E-state index contributed by atoms with van der Waals surface area (Å²) in [5.41, 5.74) is 9.26. The van der Waals surface area contributed by atoms with Gasteiger partial charge in [-0.2, -0.15) is 0 Å². The number of esters is 1. The Kier molecular flexibility index (Phi) is 7.37. The van der Waals surface area contributed by atoms with Crippen molar-refractivity contribution in [2.45, 2.75) is 33.4 Å². The molecule has 0 radical (unpaired) electrons. The van der Waals surface area contributed by atoms with E-state index in [4.69, 9.17) is 14.2 Å². The minimum absolute atomic E-state index is 0.0691. The molecular formula is C33H31NO5. The Bertz CT molecular complexity index is 1530. The zero-order valence-electron chi connectivity index (χ0n) is 22.6. The van der Waals surface area contributed by atoms with Gasteiger partial charge in [-0.3, -0.25) is 9.69 Å². The summed E-state index contributed by atoms with van der Waals surface area (Å²) >= 11 is 0. The third-order valence-electron chi connectivity index (χ3n) is 7.20. The van der Waals surface area contributed by atoms with E-state index in [9.17, 15) is 9.59 Å². The highest BCUT2D eigenvalue weighted by molar-refractivity contribution is 6.01. The molecule has 0 saturated carbocycles. The Labute approximate surface area is 228 Å². The number of rotatable bonds is 6. The SMILES string of the molecule is COC(=O)N1Cc2cc(OC)ccc2-c2cc(-c3ccc(C)cc3)c(CC(=O)OCc3ccccc3)c(C)c21. The molecule has 0 spiro atoms. The van der Waals surface area contributed by atoms with Crippen molar-refractivity contribution in [2.24, 2.45) is 0 Å². The number of amides is 1. The number of anilines is 1. The number of nitrogens with zero attached hydrogens (tertiary/aromatic N) is 1. The second-order valence-corrected chi connectivity index (χ2v) is 9.69. The Morgan fingerprint density at radius 1 is 0.846 bits per heavy atom. The number of ether oxygens (including phenoxy) is 3. The van der Waals surface area contributed by atoms with Crippen molar-refractivity contribution in [2.75, 3.05) is 19.1 Å². The molecule has 1 aliphatic heterocycles. The van der Waals surface area contributed by atoms with E-state index in [1.807, 2.05) is 62.4 Å². The van der Waals surface area contributed by atoms with Crippen LogP contribution in [0.2, 0.25) is 0 Å². The molecule has 4 aromatic rings. The van der Waals surface area contributed by atoms with Gasteiger partial charge in [0.2, 0.25) is 0 Å². The van der Waals surface area contributed by atoms with Crippen LogP contribution in [0.5, 0.6) is 5.75 Å². The summed E-state index contributed by atoms with van der Waals surface area (Å²) in [4.78, 5) is 27.8. The highest BCUT2D eigenvalue weighted by atomic mass is 16.5. The molecule has 6 heteroatoms. The highest BCUT2D eigenvalue weighted by Gasteiger charge is 2.32. The van der Waals surface area contributed by atoms with Gasteiger partial charge in [-0.15, -0.1) is 0 Å². The number of carbonyl (C=O) groups is 2. The molecule has 1 aliphatic rings. The van der Waals surface area contributed by atoms with Crippen molar-refractivity contribution in [3.8, 4) is 28.0 Å². The maximum atomic E-state index is 13.1. The number of hydrogen-bond acceptors (Lipinski definition) is 5. The maximum Gasteiger partial charge on any atom is 0.414 e. The minimum Gasteiger partial charge on any atom is -0.497 e. The first-order valence-corrected chi connectivity index (χ1v) is 12.9. The number of methoxy groups -OCH3 is 2. The van der Waals surface area contributed by atoms with Crippen LogP contribution in [0.25, 0.3) is 22.3 Å². The van der Waals surface area contributed by atoms with Gasteiger partial charge in [0.05, 0.1) is 32.9 Å². The molecule has 0 fully saturated rings. The quantitative estimate of drug-likeness (QED) is 0.255. The molecule has 0 unspecified atom stereocenters. The van der Waals surface area contributed by atoms with Crippen molar-refractivity contribution in [3.05, 3.63) is 107 Å². The monoisotopic (exact) mass is 521 g/mol. The van der Waals surface area contributed by atoms with Crippen LogP contribution in [0.4, 0.5) is 10.5 Å². The van der Waals surface area contributed by atoms with Gasteiger partial charge in [0, 0.05) is 5.56 Å². The predicted octanol–water partition coefficient (Wildman–Crippen LogP) is 7.02. The van der Waals surface area contributed by atoms with E-state index >= 15 is 0 Å². The molecule has 5 rings (SSSR count). The molecule has 1 heterocycles. The number of hydrogen-bond donors (Lipinski definition) is 0. The smallest absolute Gasteiger partial charge is 0.414 e. The Hall–Kier alpha value is -4.58. The van der Waals surface area contributed by atoms with E-state index < -0.39 is 6.09 Å². The fourth-order valence-electron chi connectivity index (χ4n) is 5.16. The van der Waals surface area contributed by atoms with Gasteiger partial charge in [0.25, 0.3) is 0 Å². The lowest BCUT2D eigenvalue weighted by Crippen LogP contribution is -2.34. The Balaban J connectivity index is 1.65. The first-order valence-electron chi connectivity index (χ1n) is 12.9. The number of aryl methyl sites for hydroxylation is 1. The second-order valence-electron chi connectivity index (χ2n) is 9.69. The van der Waals surface area contributed by atoms with Gasteiger partial charge < -0.3 is 14.2 Å². The number of carbonyl (C=O) groups excluding carboxylic acids is 2. The third-order valence-corrected chi connectivity index (χ3v) is 7.20. The number of benzene rings is 4. The van der Waals surface area contributed by atoms with Crippen LogP contribution in [-0.4, -0.2) is 26.3 Å². The Morgan fingerprint density at radius 3 is 2.28 bits per heavy atom. The van der Waals surface area contributed by atoms with Crippen molar-refractivity contribution in [3.63, 3.8) is 0 Å². The average molecular weight is 522 g/mol. The summed E-state index contributed by atoms with van der Waals surface area (Å²) in [6, 6.07) is 25.8. The van der Waals surface area contributed by atoms with Crippen LogP contribution in [0.15, 0.2) is 78.9 Å². The fraction of sp³-hybridized carbons (Fsp3) is 0.212. The molecule has 0 bridgehead atoms. The van der Waals surface area contributed by atoms with E-state index in [0.717, 1.165) is 61.5 Å². The van der Waals surface area contributed by atoms with Crippen LogP contribution < -0.4 is 9.64 Å². The standard InChI is InChI=1S/C33H31NO5/c1-21-10-12-24(13-11-21)29-17-30-27-15-14-26(37-3)16-25(27)19-34(33(36)38-4)32(30)22(2)28(29)18-31(35)39-20-23-8-6-5-7-9-23/h5-17H,18-20H2,1-4H3. The van der Waals surface area contributed by atoms with E-state index in [1.54, 1.807) is 12.0 Å². The van der Waals surface area contributed by atoms with E-state index in [2.05, 4.69) is 30.3 Å². The number of fused-ring (bicyclic) bond motifs is 3. The van der Waals surface area contributed by atoms with Gasteiger partial charge in [-0.05, 0) is 71.0 Å². The zero-order chi connectivity index (χ0) is 27.5. The average Bonchev–Trinajstić information content (AvgIpc) is 2.97. The summed E-state index contributed by atoms with van der Waals surface area (Å²) in [6.07, 6.45) is -0.395. The van der Waals surface area contributed by atoms with Crippen molar-refractivity contribution < 1.29 is 23.8 Å². The molecular weight excluding hydrogens is 490 g/mol. The van der Waals surface area contributed by atoms with Crippen molar-refractivity contribution >= 4 is 17.7 Å². The molecule has 6 nitrogen and oxygen atoms in total. The lowest BCUT2D eigenvalue weighted by Gasteiger charge is -2.33. The summed E-state index contributed by atoms with van der Waals surface area (Å²) in [5.74, 6) is 0.385. The largest absolute Gasteiger partial charge is 0.497 e. The first-order chi connectivity index (χ1) is 18.9. The summed E-state index contributed by atoms with van der Waals surface area (Å²) in [5, 5.41) is 0. The zero-order valence-corrected chi connectivity index (χ0v) is 22.6. The van der Waals surface area contributed by atoms with Crippen molar-refractivity contribution in [1.82, 2.24) is 0 Å². The molecule has 39 heavy (non-hydrogen) atoms. The topological polar surface area (TPSA) is 65.1 Å². The second kappa shape index (κ2) is 11.0. The molecule has 0 aromatic heterocycles. The molecule has 0 aliphatic carbocycles. The van der Waals surface area contributed by atoms with Gasteiger partial charge in [-0.25, -0.2) is 4.79 Å². The summed E-state index contributed by atoms with van der Waals surface area (Å²) in [6.45, 7) is 4.53. The van der Waals surface area contributed by atoms with Crippen LogP contribution in [-0.2, 0) is 33.8 Å². The van der Waals surface area contributed by atoms with E-state index in [1.165, 1.54) is 7.11 Å². The van der Waals surface area contributed by atoms with Crippen molar-refractivity contribution in [1.29, 1.82) is 0 Å². The summed E-state index contributed by atoms with van der Waals surface area (Å²) in [7, 11) is 3.00. The highest BCUT2D eigenvalue weighted by Crippen LogP contribution is 2.46. The molecule has 198 valence electrons. The fourth-order valence-corrected chi connectivity index (χ4v) is 5.16. The van der Waals surface area contributed by atoms with Crippen LogP contribution in [0, 0.1) is 13.8 Å². The van der Waals surface area contributed by atoms with Gasteiger partial charge in [-0.1, -0.05) is 66.2 Å². The van der Waals surface area contributed by atoms with E-state index in [-0.39, 0.29) is 19.0 Å².